The lowest BCUT2D eigenvalue weighted by molar-refractivity contribution is 0.316. The van der Waals surface area contributed by atoms with Crippen molar-refractivity contribution in [1.82, 2.24) is 25.3 Å². The van der Waals surface area contributed by atoms with Gasteiger partial charge in [-0.1, -0.05) is 158 Å². The van der Waals surface area contributed by atoms with Crippen LogP contribution in [0.3, 0.4) is 0 Å². The van der Waals surface area contributed by atoms with Crippen molar-refractivity contribution in [3.05, 3.63) is 176 Å². The van der Waals surface area contributed by atoms with Gasteiger partial charge in [0.05, 0.1) is 22.6 Å². The van der Waals surface area contributed by atoms with Gasteiger partial charge in [-0.2, -0.15) is 0 Å². The van der Waals surface area contributed by atoms with Gasteiger partial charge in [-0.15, -0.1) is 0 Å². The van der Waals surface area contributed by atoms with Crippen molar-refractivity contribution in [1.29, 1.82) is 0 Å². The predicted molar refractivity (Wildman–Crippen MR) is 213 cm³/mol. The molecular formula is C47H29N5O. The van der Waals surface area contributed by atoms with Crippen LogP contribution in [0.5, 0.6) is 0 Å². The molecule has 0 atom stereocenters. The van der Waals surface area contributed by atoms with Gasteiger partial charge >= 0.3 is 0 Å². The highest BCUT2D eigenvalue weighted by Crippen LogP contribution is 2.43. The first kappa shape index (κ1) is 30.5. The third-order valence-corrected chi connectivity index (χ3v) is 9.77. The zero-order chi connectivity index (χ0) is 35.1. The minimum Gasteiger partial charge on any atom is -0.247 e. The number of nitrogens with zero attached hydrogens (tertiary/aromatic N) is 5. The van der Waals surface area contributed by atoms with Crippen molar-refractivity contribution < 1.29 is 4.63 Å². The highest BCUT2D eigenvalue weighted by atomic mass is 16.6. The van der Waals surface area contributed by atoms with Crippen LogP contribution < -0.4 is 0 Å². The average Bonchev–Trinajstić information content (AvgIpc) is 3.74. The third kappa shape index (κ3) is 5.41. The first-order valence-electron chi connectivity index (χ1n) is 17.5. The molecule has 3 heterocycles. The van der Waals surface area contributed by atoms with E-state index in [1.807, 2.05) is 84.9 Å². The number of rotatable bonds is 6. The van der Waals surface area contributed by atoms with E-state index >= 15 is 0 Å². The highest BCUT2D eigenvalue weighted by molar-refractivity contribution is 6.26. The molecule has 0 aliphatic heterocycles. The van der Waals surface area contributed by atoms with Crippen LogP contribution in [0.4, 0.5) is 0 Å². The van der Waals surface area contributed by atoms with Gasteiger partial charge in [0, 0.05) is 44.0 Å². The van der Waals surface area contributed by atoms with Crippen LogP contribution in [0.2, 0.25) is 0 Å². The minimum atomic E-state index is 0.687. The summed E-state index contributed by atoms with van der Waals surface area (Å²) >= 11 is 0. The van der Waals surface area contributed by atoms with E-state index in [1.54, 1.807) is 0 Å². The van der Waals surface area contributed by atoms with Gasteiger partial charge in [0.25, 0.3) is 0 Å². The fourth-order valence-corrected chi connectivity index (χ4v) is 7.24. The molecule has 0 aliphatic rings. The topological polar surface area (TPSA) is 77.6 Å². The largest absolute Gasteiger partial charge is 0.247 e. The van der Waals surface area contributed by atoms with Crippen molar-refractivity contribution >= 4 is 32.7 Å². The summed E-state index contributed by atoms with van der Waals surface area (Å²) in [5.74, 6) is 0.687. The van der Waals surface area contributed by atoms with E-state index in [0.29, 0.717) is 16.9 Å². The van der Waals surface area contributed by atoms with Crippen molar-refractivity contribution in [2.75, 3.05) is 0 Å². The molecule has 248 valence electrons. The SMILES string of the molecule is c1ccc(-c2cc(-c3ccc(-c4cccc5nc(-c6ccccc6)c6cc(-c7ccccc7)c7nonc7c6c45)cc3)nc(-c3ccccc3)n2)cc1. The van der Waals surface area contributed by atoms with E-state index < -0.39 is 0 Å². The quantitative estimate of drug-likeness (QED) is 0.163. The summed E-state index contributed by atoms with van der Waals surface area (Å²) in [5.41, 5.74) is 13.0. The molecular weight excluding hydrogens is 651 g/mol. The Morgan fingerprint density at radius 2 is 0.887 bits per heavy atom. The molecule has 0 amide bonds. The van der Waals surface area contributed by atoms with Crippen molar-refractivity contribution in [3.63, 3.8) is 0 Å². The first-order chi connectivity index (χ1) is 26.3. The van der Waals surface area contributed by atoms with Gasteiger partial charge in [0.1, 0.15) is 11.0 Å². The number of hydrogen-bond donors (Lipinski definition) is 0. The number of pyridine rings is 1. The van der Waals surface area contributed by atoms with Gasteiger partial charge in [-0.05, 0) is 45.2 Å². The zero-order valence-electron chi connectivity index (χ0n) is 28.4. The standard InChI is InChI=1S/C47H29N5O/c1-5-14-30(15-6-1)37-28-38-43(46-45(37)51-53-52-46)42-36(22-13-23-39(42)48-44(38)34-18-9-3-10-19-34)31-24-26-33(27-25-31)41-29-40(32-16-7-2-8-17-32)49-47(50-41)35-20-11-4-12-21-35/h1-29H. The van der Waals surface area contributed by atoms with Gasteiger partial charge in [-0.25, -0.2) is 19.6 Å². The van der Waals surface area contributed by atoms with Gasteiger partial charge in [0.15, 0.2) is 5.82 Å². The molecule has 0 bridgehead atoms. The third-order valence-electron chi connectivity index (χ3n) is 9.77. The lowest BCUT2D eigenvalue weighted by Crippen LogP contribution is -1.96. The van der Waals surface area contributed by atoms with Crippen LogP contribution in [-0.2, 0) is 0 Å². The van der Waals surface area contributed by atoms with Crippen LogP contribution >= 0.6 is 0 Å². The molecule has 6 heteroatoms. The Bertz CT molecular complexity index is 2850. The Morgan fingerprint density at radius 1 is 0.358 bits per heavy atom. The smallest absolute Gasteiger partial charge is 0.160 e. The normalized spacial score (nSPS) is 11.4. The fraction of sp³-hybridized carbons (Fsp3) is 0. The molecule has 3 aromatic heterocycles. The van der Waals surface area contributed by atoms with Crippen molar-refractivity contribution in [2.45, 2.75) is 0 Å². The second-order valence-electron chi connectivity index (χ2n) is 13.0. The van der Waals surface area contributed by atoms with Crippen molar-refractivity contribution in [2.24, 2.45) is 0 Å². The summed E-state index contributed by atoms with van der Waals surface area (Å²) in [5, 5.41) is 11.9. The molecule has 0 N–H and O–H groups in total. The van der Waals surface area contributed by atoms with Crippen LogP contribution in [-0.4, -0.2) is 25.3 Å². The molecule has 0 aliphatic carbocycles. The average molecular weight is 680 g/mol. The minimum absolute atomic E-state index is 0.687. The lowest BCUT2D eigenvalue weighted by Gasteiger charge is -2.15. The van der Waals surface area contributed by atoms with E-state index in [0.717, 1.165) is 83.3 Å². The second-order valence-corrected chi connectivity index (χ2v) is 13.0. The van der Waals surface area contributed by atoms with E-state index in [2.05, 4.69) is 101 Å². The Kier molecular flexibility index (Phi) is 7.36. The summed E-state index contributed by atoms with van der Waals surface area (Å²) in [6, 6.07) is 60.0. The molecule has 0 spiro atoms. The molecule has 0 unspecified atom stereocenters. The summed E-state index contributed by atoms with van der Waals surface area (Å²) in [4.78, 5) is 15.3. The summed E-state index contributed by atoms with van der Waals surface area (Å²) in [7, 11) is 0. The maximum Gasteiger partial charge on any atom is 0.160 e. The van der Waals surface area contributed by atoms with Crippen molar-refractivity contribution in [3.8, 4) is 67.4 Å². The molecule has 0 saturated carbocycles. The van der Waals surface area contributed by atoms with E-state index in [4.69, 9.17) is 19.6 Å². The first-order valence-corrected chi connectivity index (χ1v) is 17.5. The summed E-state index contributed by atoms with van der Waals surface area (Å²) in [6.45, 7) is 0. The Morgan fingerprint density at radius 3 is 1.55 bits per heavy atom. The number of hydrogen-bond acceptors (Lipinski definition) is 6. The molecule has 0 saturated heterocycles. The van der Waals surface area contributed by atoms with Crippen LogP contribution in [0.1, 0.15) is 0 Å². The zero-order valence-corrected chi connectivity index (χ0v) is 28.4. The number of fused-ring (bicyclic) bond motifs is 5. The molecule has 0 fully saturated rings. The predicted octanol–water partition coefficient (Wildman–Crippen LogP) is 11.7. The van der Waals surface area contributed by atoms with Crippen LogP contribution in [0, 0.1) is 0 Å². The Hall–Kier alpha value is -7.31. The Labute approximate surface area is 305 Å². The Balaban J connectivity index is 1.17. The van der Waals surface area contributed by atoms with Crippen LogP contribution in [0.15, 0.2) is 181 Å². The lowest BCUT2D eigenvalue weighted by atomic mass is 9.90. The molecule has 6 nitrogen and oxygen atoms in total. The molecule has 7 aromatic carbocycles. The van der Waals surface area contributed by atoms with Crippen LogP contribution in [0.25, 0.3) is 100 Å². The monoisotopic (exact) mass is 679 g/mol. The highest BCUT2D eigenvalue weighted by Gasteiger charge is 2.22. The molecule has 53 heavy (non-hydrogen) atoms. The maximum atomic E-state index is 5.49. The molecule has 10 aromatic rings. The number of benzene rings is 7. The summed E-state index contributed by atoms with van der Waals surface area (Å²) < 4.78 is 5.49. The van der Waals surface area contributed by atoms with Gasteiger partial charge in [-0.3, -0.25) is 0 Å². The van der Waals surface area contributed by atoms with E-state index in [9.17, 15) is 0 Å². The van der Waals surface area contributed by atoms with E-state index in [-0.39, 0.29) is 0 Å². The fourth-order valence-electron chi connectivity index (χ4n) is 7.24. The molecule has 10 rings (SSSR count). The van der Waals surface area contributed by atoms with Gasteiger partial charge < -0.3 is 0 Å². The number of aromatic nitrogens is 5. The molecule has 0 radical (unpaired) electrons. The van der Waals surface area contributed by atoms with E-state index in [1.165, 1.54) is 0 Å². The maximum absolute atomic E-state index is 5.49. The second kappa shape index (κ2) is 12.8. The summed E-state index contributed by atoms with van der Waals surface area (Å²) in [6.07, 6.45) is 0. The van der Waals surface area contributed by atoms with Gasteiger partial charge in [0.2, 0.25) is 0 Å².